The van der Waals surface area contributed by atoms with E-state index in [2.05, 4.69) is 4.98 Å². The number of rotatable bonds is 4. The summed E-state index contributed by atoms with van der Waals surface area (Å²) < 4.78 is 17.8. The summed E-state index contributed by atoms with van der Waals surface area (Å²) in [7, 11) is -0.521. The molecule has 0 N–H and O–H groups in total. The van der Waals surface area contributed by atoms with Crippen LogP contribution in [0.25, 0.3) is 0 Å². The van der Waals surface area contributed by atoms with E-state index in [1.807, 2.05) is 60.6 Å². The van der Waals surface area contributed by atoms with Crippen molar-refractivity contribution in [2.45, 2.75) is 77.7 Å². The number of halogens is 1. The van der Waals surface area contributed by atoms with Gasteiger partial charge in [0.2, 0.25) is 0 Å². The Morgan fingerprint density at radius 1 is 1.11 bits per heavy atom. The fraction of sp³-hybridized carbons (Fsp3) is 0.519. The minimum absolute atomic E-state index is 0.253. The second kappa shape index (κ2) is 9.93. The molecule has 1 unspecified atom stereocenters. The van der Waals surface area contributed by atoms with Crippen LogP contribution < -0.4 is 10.4 Å². The van der Waals surface area contributed by atoms with Crippen LogP contribution in [0.15, 0.2) is 42.6 Å². The van der Waals surface area contributed by atoms with Crippen LogP contribution in [0, 0.1) is 0 Å². The lowest BCUT2D eigenvalue weighted by molar-refractivity contribution is 0.00578. The van der Waals surface area contributed by atoms with Crippen molar-refractivity contribution in [1.82, 2.24) is 9.88 Å². The molecule has 0 aliphatic carbocycles. The monoisotopic (exact) mass is 527 g/mol. The number of aromatic nitrogens is 1. The smallest absolute Gasteiger partial charge is 0.444 e. The van der Waals surface area contributed by atoms with Crippen LogP contribution in [0.5, 0.6) is 0 Å². The average molecular weight is 528 g/mol. The van der Waals surface area contributed by atoms with E-state index >= 15 is 0 Å². The topological polar surface area (TPSA) is 81.2 Å². The third-order valence-electron chi connectivity index (χ3n) is 7.05. The van der Waals surface area contributed by atoms with Crippen molar-refractivity contribution >= 4 is 42.0 Å². The molecule has 1 aromatic carbocycles. The molecule has 4 rings (SSSR count). The molecule has 2 aliphatic rings. The number of carbonyl (C=O) groups is 2. The number of carbonyl (C=O) groups excluding carboxylic acids is 2. The van der Waals surface area contributed by atoms with Gasteiger partial charge in [0, 0.05) is 24.8 Å². The van der Waals surface area contributed by atoms with Crippen LogP contribution in [0.1, 0.15) is 65.2 Å². The zero-order chi connectivity index (χ0) is 27.2. The Hall–Kier alpha value is -2.62. The standard InChI is InChI=1S/C27H35BClN3O5/c1-25(2,3)35-24(34)31-16-14-20(17-31)32(22-21(29)9-8-15-30-22)23(33)18-10-12-19(13-11-18)28-36-26(4,5)27(6,7)37-28/h8-13,15,20H,14,16-17H2,1-7H3. The lowest BCUT2D eigenvalue weighted by Crippen LogP contribution is -2.44. The number of benzene rings is 1. The summed E-state index contributed by atoms with van der Waals surface area (Å²) >= 11 is 6.49. The van der Waals surface area contributed by atoms with Crippen LogP contribution in [0.2, 0.25) is 5.02 Å². The van der Waals surface area contributed by atoms with Gasteiger partial charge >= 0.3 is 13.2 Å². The number of hydrogen-bond acceptors (Lipinski definition) is 6. The zero-order valence-corrected chi connectivity index (χ0v) is 23.3. The van der Waals surface area contributed by atoms with Gasteiger partial charge in [0.25, 0.3) is 5.91 Å². The van der Waals surface area contributed by atoms with Gasteiger partial charge in [0.1, 0.15) is 5.60 Å². The molecule has 2 aromatic rings. The third-order valence-corrected chi connectivity index (χ3v) is 7.34. The predicted octanol–water partition coefficient (Wildman–Crippen LogP) is 4.69. The second-order valence-electron chi connectivity index (χ2n) is 11.6. The number of ether oxygens (including phenoxy) is 1. The van der Waals surface area contributed by atoms with Gasteiger partial charge in [-0.2, -0.15) is 0 Å². The molecule has 2 amide bonds. The first kappa shape index (κ1) is 27.4. The Bertz CT molecular complexity index is 1150. The largest absolute Gasteiger partial charge is 0.494 e. The highest BCUT2D eigenvalue weighted by Crippen LogP contribution is 2.36. The van der Waals surface area contributed by atoms with Gasteiger partial charge in [0.05, 0.1) is 22.3 Å². The summed E-state index contributed by atoms with van der Waals surface area (Å²) in [5.41, 5.74) is -0.219. The summed E-state index contributed by atoms with van der Waals surface area (Å²) in [6.45, 7) is 14.3. The molecule has 10 heteroatoms. The lowest BCUT2D eigenvalue weighted by atomic mass is 9.79. The fourth-order valence-corrected chi connectivity index (χ4v) is 4.55. The normalized spacial score (nSPS) is 20.7. The summed E-state index contributed by atoms with van der Waals surface area (Å²) in [6, 6.07) is 10.3. The molecule has 0 bridgehead atoms. The van der Waals surface area contributed by atoms with E-state index in [9.17, 15) is 9.59 Å². The van der Waals surface area contributed by atoms with E-state index in [1.54, 1.807) is 40.3 Å². The van der Waals surface area contributed by atoms with E-state index < -0.39 is 30.0 Å². The molecular weight excluding hydrogens is 493 g/mol. The molecule has 8 nitrogen and oxygen atoms in total. The number of amides is 2. The molecule has 3 heterocycles. The Morgan fingerprint density at radius 3 is 2.30 bits per heavy atom. The fourth-order valence-electron chi connectivity index (χ4n) is 4.34. The highest BCUT2D eigenvalue weighted by Gasteiger charge is 2.51. The molecule has 1 atom stereocenters. The van der Waals surface area contributed by atoms with Gasteiger partial charge in [0.15, 0.2) is 5.82 Å². The van der Waals surface area contributed by atoms with Gasteiger partial charge in [-0.25, -0.2) is 9.78 Å². The van der Waals surface area contributed by atoms with Crippen molar-refractivity contribution < 1.29 is 23.6 Å². The van der Waals surface area contributed by atoms with E-state index in [0.29, 0.717) is 35.9 Å². The third kappa shape index (κ3) is 5.79. The molecule has 0 saturated carbocycles. The minimum Gasteiger partial charge on any atom is -0.444 e. The molecule has 1 aromatic heterocycles. The highest BCUT2D eigenvalue weighted by atomic mass is 35.5. The Labute approximate surface area is 224 Å². The van der Waals surface area contributed by atoms with Crippen LogP contribution in [0.4, 0.5) is 10.6 Å². The average Bonchev–Trinajstić information content (AvgIpc) is 3.36. The summed E-state index contributed by atoms with van der Waals surface area (Å²) in [5, 5.41) is 0.361. The number of hydrogen-bond donors (Lipinski definition) is 0. The number of likely N-dealkylation sites (tertiary alicyclic amines) is 1. The first-order valence-corrected chi connectivity index (χ1v) is 12.9. The van der Waals surface area contributed by atoms with Crippen molar-refractivity contribution in [2.75, 3.05) is 18.0 Å². The highest BCUT2D eigenvalue weighted by molar-refractivity contribution is 6.62. The van der Waals surface area contributed by atoms with Crippen molar-refractivity contribution in [3.05, 3.63) is 53.2 Å². The summed E-state index contributed by atoms with van der Waals surface area (Å²) in [5.74, 6) is 0.109. The SMILES string of the molecule is CC(C)(C)OC(=O)N1CCC(N(C(=O)c2ccc(B3OC(C)(C)C(C)(C)O3)cc2)c2ncccc2Cl)C1. The molecule has 2 saturated heterocycles. The maximum absolute atomic E-state index is 13.9. The van der Waals surface area contributed by atoms with Crippen molar-refractivity contribution in [2.24, 2.45) is 0 Å². The zero-order valence-electron chi connectivity index (χ0n) is 22.6. The van der Waals surface area contributed by atoms with Crippen molar-refractivity contribution in [3.8, 4) is 0 Å². The Morgan fingerprint density at radius 2 is 1.73 bits per heavy atom. The lowest BCUT2D eigenvalue weighted by Gasteiger charge is -2.32. The summed E-state index contributed by atoms with van der Waals surface area (Å²) in [6.07, 6.45) is 1.77. The van der Waals surface area contributed by atoms with E-state index in [4.69, 9.17) is 25.6 Å². The van der Waals surface area contributed by atoms with Crippen LogP contribution >= 0.6 is 11.6 Å². The molecule has 2 fully saturated rings. The first-order chi connectivity index (χ1) is 17.2. The molecule has 37 heavy (non-hydrogen) atoms. The molecule has 2 aliphatic heterocycles. The predicted molar refractivity (Wildman–Crippen MR) is 144 cm³/mol. The number of anilines is 1. The quantitative estimate of drug-likeness (QED) is 0.537. The van der Waals surface area contributed by atoms with Gasteiger partial charge in [-0.15, -0.1) is 0 Å². The van der Waals surface area contributed by atoms with Gasteiger partial charge in [-0.05, 0) is 84.6 Å². The first-order valence-electron chi connectivity index (χ1n) is 12.6. The van der Waals surface area contributed by atoms with E-state index in [0.717, 1.165) is 5.46 Å². The van der Waals surface area contributed by atoms with Crippen LogP contribution in [-0.4, -0.2) is 64.9 Å². The van der Waals surface area contributed by atoms with Gasteiger partial charge in [-0.3, -0.25) is 9.69 Å². The molecular formula is C27H35BClN3O5. The summed E-state index contributed by atoms with van der Waals surface area (Å²) in [4.78, 5) is 34.1. The van der Waals surface area contributed by atoms with Gasteiger partial charge < -0.3 is 18.9 Å². The van der Waals surface area contributed by atoms with Crippen molar-refractivity contribution in [1.29, 1.82) is 0 Å². The Kier molecular flexibility index (Phi) is 7.36. The van der Waals surface area contributed by atoms with E-state index in [1.165, 1.54) is 0 Å². The number of nitrogens with zero attached hydrogens (tertiary/aromatic N) is 3. The minimum atomic E-state index is -0.603. The molecule has 0 radical (unpaired) electrons. The van der Waals surface area contributed by atoms with Crippen LogP contribution in [0.3, 0.4) is 0 Å². The van der Waals surface area contributed by atoms with Crippen molar-refractivity contribution in [3.63, 3.8) is 0 Å². The maximum Gasteiger partial charge on any atom is 0.494 e. The Balaban J connectivity index is 1.57. The van der Waals surface area contributed by atoms with Crippen LogP contribution in [-0.2, 0) is 14.0 Å². The molecule has 0 spiro atoms. The molecule has 198 valence electrons. The second-order valence-corrected chi connectivity index (χ2v) is 12.0. The van der Waals surface area contributed by atoms with E-state index in [-0.39, 0.29) is 11.9 Å². The van der Waals surface area contributed by atoms with Gasteiger partial charge in [-0.1, -0.05) is 23.7 Å². The number of pyridine rings is 1. The maximum atomic E-state index is 13.9.